The van der Waals surface area contributed by atoms with Crippen molar-refractivity contribution in [3.8, 4) is 0 Å². The van der Waals surface area contributed by atoms with E-state index in [1.807, 2.05) is 0 Å². The molecule has 0 unspecified atom stereocenters. The highest BCUT2D eigenvalue weighted by Gasteiger charge is 1.99. The third-order valence-electron chi connectivity index (χ3n) is 0.980. The highest BCUT2D eigenvalue weighted by molar-refractivity contribution is 4.89. The fourth-order valence-corrected chi connectivity index (χ4v) is 0.634. The van der Waals surface area contributed by atoms with Gasteiger partial charge in [-0.05, 0) is 6.92 Å². The summed E-state index contributed by atoms with van der Waals surface area (Å²) in [5.41, 5.74) is 0. The second-order valence-corrected chi connectivity index (χ2v) is 2.02. The van der Waals surface area contributed by atoms with Crippen molar-refractivity contribution in [3.05, 3.63) is 18.4 Å². The van der Waals surface area contributed by atoms with Crippen LogP contribution in [0.15, 0.2) is 17.0 Å². The van der Waals surface area contributed by atoms with Crippen LogP contribution < -0.4 is 0 Å². The van der Waals surface area contributed by atoms with Gasteiger partial charge in [-0.15, -0.1) is 0 Å². The summed E-state index contributed by atoms with van der Waals surface area (Å²) in [4.78, 5) is 3.70. The van der Waals surface area contributed by atoms with E-state index in [2.05, 4.69) is 4.98 Å². The Labute approximate surface area is 53.3 Å². The van der Waals surface area contributed by atoms with Gasteiger partial charge in [0.05, 0.1) is 12.3 Å². The third kappa shape index (κ3) is 1.85. The number of nitrogens with zero attached hydrogens (tertiary/aromatic N) is 1. The fraction of sp³-hybridized carbons (Fsp3) is 0.500. The molecule has 1 atom stereocenters. The minimum atomic E-state index is -0.349. The molecule has 0 amide bonds. The van der Waals surface area contributed by atoms with Crippen molar-refractivity contribution in [3.63, 3.8) is 0 Å². The number of rotatable bonds is 2. The summed E-state index contributed by atoms with van der Waals surface area (Å²) in [6, 6.07) is 0. The maximum Gasteiger partial charge on any atom is 0.180 e. The molecule has 1 aromatic rings. The quantitative estimate of drug-likeness (QED) is 0.632. The largest absolute Gasteiger partial charge is 0.448 e. The van der Waals surface area contributed by atoms with Gasteiger partial charge in [0.25, 0.3) is 0 Å². The van der Waals surface area contributed by atoms with Crippen molar-refractivity contribution in [2.45, 2.75) is 19.4 Å². The Morgan fingerprint density at radius 2 is 2.67 bits per heavy atom. The van der Waals surface area contributed by atoms with Crippen molar-refractivity contribution >= 4 is 0 Å². The van der Waals surface area contributed by atoms with Gasteiger partial charge >= 0.3 is 0 Å². The monoisotopic (exact) mass is 127 g/mol. The molecule has 3 heteroatoms. The highest BCUT2D eigenvalue weighted by Crippen LogP contribution is 1.99. The lowest BCUT2D eigenvalue weighted by atomic mass is 10.2. The van der Waals surface area contributed by atoms with Gasteiger partial charge in [-0.3, -0.25) is 0 Å². The lowest BCUT2D eigenvalue weighted by Crippen LogP contribution is -2.02. The van der Waals surface area contributed by atoms with Crippen molar-refractivity contribution in [1.29, 1.82) is 0 Å². The van der Waals surface area contributed by atoms with E-state index in [1.165, 1.54) is 6.39 Å². The van der Waals surface area contributed by atoms with Crippen LogP contribution in [0.25, 0.3) is 0 Å². The predicted octanol–water partition coefficient (Wildman–Crippen LogP) is 0.598. The van der Waals surface area contributed by atoms with Gasteiger partial charge in [0.1, 0.15) is 5.76 Å². The minimum Gasteiger partial charge on any atom is -0.448 e. The highest BCUT2D eigenvalue weighted by atomic mass is 16.3. The van der Waals surface area contributed by atoms with E-state index < -0.39 is 0 Å². The van der Waals surface area contributed by atoms with Crippen molar-refractivity contribution in [2.75, 3.05) is 0 Å². The van der Waals surface area contributed by atoms with Crippen LogP contribution in [-0.2, 0) is 6.42 Å². The molecule has 0 radical (unpaired) electrons. The standard InChI is InChI=1S/C6H9NO2/c1-5(8)2-6-3-7-4-9-6/h3-5,8H,2H2,1H3/t5-/m1/s1. The second kappa shape index (κ2) is 2.64. The molecule has 1 heterocycles. The predicted molar refractivity (Wildman–Crippen MR) is 31.9 cm³/mol. The minimum absolute atomic E-state index is 0.349. The van der Waals surface area contributed by atoms with E-state index in [0.29, 0.717) is 6.42 Å². The van der Waals surface area contributed by atoms with E-state index in [1.54, 1.807) is 13.1 Å². The maximum absolute atomic E-state index is 8.84. The summed E-state index contributed by atoms with van der Waals surface area (Å²) in [5.74, 6) is 0.727. The molecular weight excluding hydrogens is 118 g/mol. The normalized spacial score (nSPS) is 13.6. The molecule has 1 aromatic heterocycles. The molecule has 1 N–H and O–H groups in total. The van der Waals surface area contributed by atoms with Gasteiger partial charge in [-0.2, -0.15) is 0 Å². The summed E-state index contributed by atoms with van der Waals surface area (Å²) in [6.07, 6.45) is 3.16. The topological polar surface area (TPSA) is 46.3 Å². The van der Waals surface area contributed by atoms with Crippen molar-refractivity contribution in [2.24, 2.45) is 0 Å². The molecule has 0 fully saturated rings. The molecule has 1 rings (SSSR count). The molecule has 0 aliphatic carbocycles. The van der Waals surface area contributed by atoms with Gasteiger partial charge in [-0.25, -0.2) is 4.98 Å². The Hall–Kier alpha value is -0.830. The smallest absolute Gasteiger partial charge is 0.180 e. The lowest BCUT2D eigenvalue weighted by Gasteiger charge is -1.96. The first-order chi connectivity index (χ1) is 4.29. The Morgan fingerprint density at radius 1 is 1.89 bits per heavy atom. The second-order valence-electron chi connectivity index (χ2n) is 2.02. The van der Waals surface area contributed by atoms with Gasteiger partial charge in [0, 0.05) is 6.42 Å². The van der Waals surface area contributed by atoms with Gasteiger partial charge in [-0.1, -0.05) is 0 Å². The Morgan fingerprint density at radius 3 is 3.11 bits per heavy atom. The summed E-state index contributed by atoms with van der Waals surface area (Å²) < 4.78 is 4.87. The van der Waals surface area contributed by atoms with Crippen LogP contribution in [0.2, 0.25) is 0 Å². The fourth-order valence-electron chi connectivity index (χ4n) is 0.634. The van der Waals surface area contributed by atoms with Crippen LogP contribution >= 0.6 is 0 Å². The Kier molecular flexibility index (Phi) is 1.85. The molecule has 50 valence electrons. The number of aromatic nitrogens is 1. The molecule has 0 aromatic carbocycles. The molecule has 0 bridgehead atoms. The Balaban J connectivity index is 2.48. The zero-order chi connectivity index (χ0) is 6.69. The van der Waals surface area contributed by atoms with Crippen LogP contribution in [0.5, 0.6) is 0 Å². The number of aliphatic hydroxyl groups excluding tert-OH is 1. The Bertz CT molecular complexity index is 158. The molecule has 0 spiro atoms. The van der Waals surface area contributed by atoms with Crippen LogP contribution in [-0.4, -0.2) is 16.2 Å². The molecule has 3 nitrogen and oxygen atoms in total. The summed E-state index contributed by atoms with van der Waals surface area (Å²) >= 11 is 0. The van der Waals surface area contributed by atoms with E-state index in [4.69, 9.17) is 9.52 Å². The zero-order valence-electron chi connectivity index (χ0n) is 5.24. The lowest BCUT2D eigenvalue weighted by molar-refractivity contribution is 0.187. The van der Waals surface area contributed by atoms with Crippen LogP contribution in [0.4, 0.5) is 0 Å². The van der Waals surface area contributed by atoms with Crippen LogP contribution in [0, 0.1) is 0 Å². The van der Waals surface area contributed by atoms with E-state index >= 15 is 0 Å². The summed E-state index contributed by atoms with van der Waals surface area (Å²) in [7, 11) is 0. The van der Waals surface area contributed by atoms with Gasteiger partial charge < -0.3 is 9.52 Å². The average molecular weight is 127 g/mol. The number of oxazole rings is 1. The SMILES string of the molecule is C[C@@H](O)Cc1cnco1. The zero-order valence-corrected chi connectivity index (χ0v) is 5.24. The molecule has 0 aliphatic rings. The first-order valence-corrected chi connectivity index (χ1v) is 2.84. The van der Waals surface area contributed by atoms with Crippen LogP contribution in [0.1, 0.15) is 12.7 Å². The third-order valence-corrected chi connectivity index (χ3v) is 0.980. The molecular formula is C6H9NO2. The first-order valence-electron chi connectivity index (χ1n) is 2.84. The van der Waals surface area contributed by atoms with E-state index in [0.717, 1.165) is 5.76 Å². The van der Waals surface area contributed by atoms with Gasteiger partial charge in [0.15, 0.2) is 6.39 Å². The molecule has 0 saturated carbocycles. The number of aliphatic hydroxyl groups is 1. The van der Waals surface area contributed by atoms with E-state index in [9.17, 15) is 0 Å². The van der Waals surface area contributed by atoms with Crippen molar-refractivity contribution < 1.29 is 9.52 Å². The number of hydrogen-bond donors (Lipinski definition) is 1. The molecule has 0 aliphatic heterocycles. The average Bonchev–Trinajstić information content (AvgIpc) is 2.15. The van der Waals surface area contributed by atoms with Crippen molar-refractivity contribution in [1.82, 2.24) is 4.98 Å². The van der Waals surface area contributed by atoms with Gasteiger partial charge in [0.2, 0.25) is 0 Å². The summed E-state index contributed by atoms with van der Waals surface area (Å²) in [5, 5.41) is 8.84. The van der Waals surface area contributed by atoms with Crippen LogP contribution in [0.3, 0.4) is 0 Å². The molecule has 0 saturated heterocycles. The maximum atomic E-state index is 8.84. The first kappa shape index (κ1) is 6.29. The van der Waals surface area contributed by atoms with E-state index in [-0.39, 0.29) is 6.10 Å². The summed E-state index contributed by atoms with van der Waals surface area (Å²) in [6.45, 7) is 1.71. The number of hydrogen-bond acceptors (Lipinski definition) is 3. The molecule has 9 heavy (non-hydrogen) atoms.